The third-order valence-corrected chi connectivity index (χ3v) is 6.01. The largest absolute Gasteiger partial charge is 0.305 e. The summed E-state index contributed by atoms with van der Waals surface area (Å²) in [6.07, 6.45) is 0.787. The third-order valence-electron chi connectivity index (χ3n) is 2.41. The van der Waals surface area contributed by atoms with E-state index in [1.165, 1.54) is 11.3 Å². The molecular formula is C12H11BrClIN2OS. The monoisotopic (exact) mass is 472 g/mol. The lowest BCUT2D eigenvalue weighted by Crippen LogP contribution is -2.17. The van der Waals surface area contributed by atoms with E-state index in [1.807, 2.05) is 28.7 Å². The number of aromatic nitrogens is 2. The molecule has 19 heavy (non-hydrogen) atoms. The lowest BCUT2D eigenvalue weighted by Gasteiger charge is -2.07. The van der Waals surface area contributed by atoms with Crippen molar-refractivity contribution in [1.29, 1.82) is 0 Å². The third kappa shape index (κ3) is 3.59. The van der Waals surface area contributed by atoms with E-state index in [0.29, 0.717) is 19.6 Å². The van der Waals surface area contributed by atoms with E-state index >= 15 is 0 Å². The first-order valence-electron chi connectivity index (χ1n) is 5.62. The number of hydrogen-bond acceptors (Lipinski definition) is 3. The summed E-state index contributed by atoms with van der Waals surface area (Å²) in [5.41, 5.74) is 0.747. The van der Waals surface area contributed by atoms with Gasteiger partial charge in [0.2, 0.25) is 0 Å². The molecule has 0 aliphatic carbocycles. The number of H-pyrrole nitrogens is 1. The van der Waals surface area contributed by atoms with Crippen LogP contribution in [-0.4, -0.2) is 9.97 Å². The molecule has 102 valence electrons. The van der Waals surface area contributed by atoms with Crippen LogP contribution in [0, 0.1) is 9.49 Å². The quantitative estimate of drug-likeness (QED) is 0.656. The number of thiophene rings is 1. The number of hydrogen-bond donors (Lipinski definition) is 1. The highest BCUT2D eigenvalue weighted by Gasteiger charge is 2.14. The second kappa shape index (κ2) is 6.24. The summed E-state index contributed by atoms with van der Waals surface area (Å²) >= 11 is 12.8. The molecule has 0 aromatic carbocycles. The van der Waals surface area contributed by atoms with Gasteiger partial charge in [-0.1, -0.05) is 25.4 Å². The summed E-state index contributed by atoms with van der Waals surface area (Å²) in [7, 11) is 0. The average Bonchev–Trinajstić information content (AvgIpc) is 2.65. The molecule has 0 aliphatic heterocycles. The van der Waals surface area contributed by atoms with Crippen LogP contribution in [-0.2, 0) is 6.42 Å². The number of aromatic amines is 1. The van der Waals surface area contributed by atoms with Gasteiger partial charge in [-0.25, -0.2) is 4.98 Å². The highest BCUT2D eigenvalue weighted by molar-refractivity contribution is 14.1. The van der Waals surface area contributed by atoms with Crippen LogP contribution in [0.1, 0.15) is 19.5 Å². The van der Waals surface area contributed by atoms with Crippen LogP contribution in [0.5, 0.6) is 0 Å². The van der Waals surface area contributed by atoms with Gasteiger partial charge in [0.25, 0.3) is 5.56 Å². The Kier molecular flexibility index (Phi) is 5.08. The predicted octanol–water partition coefficient (Wildman–Crippen LogP) is 4.72. The van der Waals surface area contributed by atoms with Crippen molar-refractivity contribution in [2.75, 3.05) is 0 Å². The SMILES string of the molecule is CC(C)Cc1nc(-c2cc(Br)c(Cl)s2)[nH]c(=O)c1I. The van der Waals surface area contributed by atoms with E-state index in [1.54, 1.807) is 0 Å². The van der Waals surface area contributed by atoms with Gasteiger partial charge < -0.3 is 4.98 Å². The molecule has 0 saturated heterocycles. The second-order valence-electron chi connectivity index (χ2n) is 4.51. The van der Waals surface area contributed by atoms with E-state index in [-0.39, 0.29) is 5.56 Å². The maximum Gasteiger partial charge on any atom is 0.264 e. The Morgan fingerprint density at radius 3 is 2.79 bits per heavy atom. The van der Waals surface area contributed by atoms with Crippen molar-refractivity contribution in [3.05, 3.63) is 34.5 Å². The normalized spacial score (nSPS) is 11.3. The summed E-state index contributed by atoms with van der Waals surface area (Å²) in [5, 5.41) is 0. The van der Waals surface area contributed by atoms with Gasteiger partial charge in [-0.2, -0.15) is 0 Å². The van der Waals surface area contributed by atoms with Crippen LogP contribution < -0.4 is 5.56 Å². The van der Waals surface area contributed by atoms with Crippen molar-refractivity contribution in [3.8, 4) is 10.7 Å². The molecule has 0 aliphatic rings. The zero-order valence-corrected chi connectivity index (χ0v) is 15.6. The smallest absolute Gasteiger partial charge is 0.264 e. The van der Waals surface area contributed by atoms with Crippen LogP contribution in [0.2, 0.25) is 4.34 Å². The maximum absolute atomic E-state index is 12.0. The summed E-state index contributed by atoms with van der Waals surface area (Å²) in [5.74, 6) is 1.04. The van der Waals surface area contributed by atoms with Crippen LogP contribution >= 0.6 is 61.5 Å². The van der Waals surface area contributed by atoms with Gasteiger partial charge in [-0.3, -0.25) is 4.79 Å². The summed E-state index contributed by atoms with van der Waals surface area (Å²) < 4.78 is 2.14. The average molecular weight is 474 g/mol. The van der Waals surface area contributed by atoms with Crippen LogP contribution in [0.15, 0.2) is 15.3 Å². The van der Waals surface area contributed by atoms with E-state index in [9.17, 15) is 4.79 Å². The highest BCUT2D eigenvalue weighted by atomic mass is 127. The molecule has 0 unspecified atom stereocenters. The first-order chi connectivity index (χ1) is 8.88. The Hall–Kier alpha value is 0.0800. The minimum Gasteiger partial charge on any atom is -0.305 e. The molecular weight excluding hydrogens is 462 g/mol. The first-order valence-corrected chi connectivity index (χ1v) is 8.69. The van der Waals surface area contributed by atoms with Crippen LogP contribution in [0.25, 0.3) is 10.7 Å². The molecule has 2 heterocycles. The molecule has 3 nitrogen and oxygen atoms in total. The van der Waals surface area contributed by atoms with Crippen molar-refractivity contribution in [1.82, 2.24) is 9.97 Å². The molecule has 7 heteroatoms. The van der Waals surface area contributed by atoms with E-state index in [4.69, 9.17) is 11.6 Å². The van der Waals surface area contributed by atoms with Crippen molar-refractivity contribution in [2.24, 2.45) is 5.92 Å². The summed E-state index contributed by atoms with van der Waals surface area (Å²) in [4.78, 5) is 20.2. The lowest BCUT2D eigenvalue weighted by atomic mass is 10.1. The van der Waals surface area contributed by atoms with Crippen molar-refractivity contribution >= 4 is 61.5 Å². The fourth-order valence-electron chi connectivity index (χ4n) is 1.61. The molecule has 2 aromatic heterocycles. The Morgan fingerprint density at radius 2 is 2.26 bits per heavy atom. The first kappa shape index (κ1) is 15.5. The Balaban J connectivity index is 2.53. The zero-order valence-electron chi connectivity index (χ0n) is 10.3. The molecule has 1 N–H and O–H groups in total. The van der Waals surface area contributed by atoms with E-state index < -0.39 is 0 Å². The number of rotatable bonds is 3. The molecule has 0 saturated carbocycles. The van der Waals surface area contributed by atoms with Gasteiger partial charge >= 0.3 is 0 Å². The second-order valence-corrected chi connectivity index (χ2v) is 8.09. The van der Waals surface area contributed by atoms with Gasteiger partial charge in [0.05, 0.1) is 14.1 Å². The van der Waals surface area contributed by atoms with Crippen molar-refractivity contribution in [2.45, 2.75) is 20.3 Å². The number of halogens is 3. The van der Waals surface area contributed by atoms with Crippen LogP contribution in [0.3, 0.4) is 0 Å². The molecule has 2 rings (SSSR count). The van der Waals surface area contributed by atoms with Gasteiger partial charge in [0, 0.05) is 4.47 Å². The summed E-state index contributed by atoms with van der Waals surface area (Å²) in [6.45, 7) is 4.22. The fraction of sp³-hybridized carbons (Fsp3) is 0.333. The molecule has 0 atom stereocenters. The summed E-state index contributed by atoms with van der Waals surface area (Å²) in [6, 6.07) is 1.87. The van der Waals surface area contributed by atoms with E-state index in [0.717, 1.165) is 21.5 Å². The minimum absolute atomic E-state index is 0.0955. The molecule has 0 fully saturated rings. The Labute approximate surface area is 142 Å². The molecule has 0 spiro atoms. The Morgan fingerprint density at radius 1 is 1.58 bits per heavy atom. The topological polar surface area (TPSA) is 45.8 Å². The van der Waals surface area contributed by atoms with Crippen LogP contribution in [0.4, 0.5) is 0 Å². The maximum atomic E-state index is 12.0. The van der Waals surface area contributed by atoms with Gasteiger partial charge in [-0.05, 0) is 56.9 Å². The van der Waals surface area contributed by atoms with E-state index in [2.05, 4.69) is 39.7 Å². The molecule has 0 amide bonds. The number of nitrogens with zero attached hydrogens (tertiary/aromatic N) is 1. The highest BCUT2D eigenvalue weighted by Crippen LogP contribution is 2.36. The van der Waals surface area contributed by atoms with Gasteiger partial charge in [-0.15, -0.1) is 11.3 Å². The van der Waals surface area contributed by atoms with Crippen molar-refractivity contribution < 1.29 is 0 Å². The van der Waals surface area contributed by atoms with Gasteiger partial charge in [0.1, 0.15) is 4.34 Å². The molecule has 2 aromatic rings. The minimum atomic E-state index is -0.0955. The Bertz CT molecular complexity index is 649. The number of nitrogens with one attached hydrogen (secondary N) is 1. The molecule has 0 radical (unpaired) electrons. The molecule has 0 bridgehead atoms. The lowest BCUT2D eigenvalue weighted by molar-refractivity contribution is 0.631. The predicted molar refractivity (Wildman–Crippen MR) is 92.1 cm³/mol. The van der Waals surface area contributed by atoms with Crippen molar-refractivity contribution in [3.63, 3.8) is 0 Å². The van der Waals surface area contributed by atoms with Gasteiger partial charge in [0.15, 0.2) is 5.82 Å². The standard InChI is InChI=1S/C12H11BrClIN2OS/c1-5(2)3-7-9(15)12(18)17-11(16-7)8-4-6(13)10(14)19-8/h4-5H,3H2,1-2H3,(H,16,17,18). The fourth-order valence-corrected chi connectivity index (χ4v) is 3.73. The zero-order chi connectivity index (χ0) is 14.2.